The number of nitrogens with one attached hydrogen (secondary N) is 2. The molecule has 2 aliphatic rings. The normalized spacial score (nSPS) is 23.6. The zero-order valence-corrected chi connectivity index (χ0v) is 21.2. The van der Waals surface area contributed by atoms with Gasteiger partial charge >= 0.3 is 0 Å². The summed E-state index contributed by atoms with van der Waals surface area (Å²) in [5.41, 5.74) is 1.11. The second kappa shape index (κ2) is 9.68. The molecule has 2 heterocycles. The number of para-hydroxylation sites is 1. The van der Waals surface area contributed by atoms with E-state index in [-0.39, 0.29) is 29.3 Å². The lowest BCUT2D eigenvalue weighted by atomic mass is 9.87. The zero-order valence-electron chi connectivity index (χ0n) is 20.5. The average Bonchev–Trinajstić information content (AvgIpc) is 2.81. The molecule has 6 nitrogen and oxygen atoms in total. The standard InChI is InChI=1S/C27H35ClN4O2/c1-26(2)18-31(23-13-9-8-12-22(23)28)24(33)17-32(26)21-14-19(15-29-16-21)25(34)30-27(3,4)20-10-6-5-7-11-20/h5-13,19,21,29H,14-18H2,1-4H3,(H,30,34)/t19-,21+/m0/s1. The summed E-state index contributed by atoms with van der Waals surface area (Å²) in [5, 5.41) is 7.27. The molecule has 2 aromatic rings. The summed E-state index contributed by atoms with van der Waals surface area (Å²) in [6.45, 7) is 10.6. The van der Waals surface area contributed by atoms with Gasteiger partial charge in [0.2, 0.25) is 11.8 Å². The van der Waals surface area contributed by atoms with Crippen molar-refractivity contribution in [2.75, 3.05) is 31.1 Å². The average molecular weight is 483 g/mol. The van der Waals surface area contributed by atoms with Crippen molar-refractivity contribution in [3.8, 4) is 0 Å². The Morgan fingerprint density at radius 1 is 1.09 bits per heavy atom. The van der Waals surface area contributed by atoms with Crippen LogP contribution in [0.25, 0.3) is 0 Å². The zero-order chi connectivity index (χ0) is 24.5. The lowest BCUT2D eigenvalue weighted by Crippen LogP contribution is -2.67. The topological polar surface area (TPSA) is 64.7 Å². The summed E-state index contributed by atoms with van der Waals surface area (Å²) in [6, 6.07) is 17.6. The van der Waals surface area contributed by atoms with Crippen molar-refractivity contribution in [3.63, 3.8) is 0 Å². The summed E-state index contributed by atoms with van der Waals surface area (Å²) in [6.07, 6.45) is 0.715. The molecule has 0 unspecified atom stereocenters. The SMILES string of the molecule is CC(C)(NC(=O)[C@@H]1CNC[C@H](N2CC(=O)N(c3ccccc3Cl)CC2(C)C)C1)c1ccccc1. The van der Waals surface area contributed by atoms with E-state index in [9.17, 15) is 9.59 Å². The molecule has 2 aliphatic heterocycles. The van der Waals surface area contributed by atoms with E-state index >= 15 is 0 Å². The number of hydrogen-bond acceptors (Lipinski definition) is 4. The Labute approximate surface area is 207 Å². The minimum Gasteiger partial charge on any atom is -0.347 e. The number of piperidine rings is 1. The van der Waals surface area contributed by atoms with E-state index in [0.29, 0.717) is 31.1 Å². The van der Waals surface area contributed by atoms with Gasteiger partial charge in [0.15, 0.2) is 0 Å². The Hall–Kier alpha value is -2.41. The van der Waals surface area contributed by atoms with E-state index in [4.69, 9.17) is 11.6 Å². The third-order valence-corrected chi connectivity index (χ3v) is 7.46. The first-order valence-electron chi connectivity index (χ1n) is 12.0. The van der Waals surface area contributed by atoms with Gasteiger partial charge in [-0.2, -0.15) is 0 Å². The van der Waals surface area contributed by atoms with Gasteiger partial charge in [-0.3, -0.25) is 14.5 Å². The Morgan fingerprint density at radius 2 is 1.76 bits per heavy atom. The highest BCUT2D eigenvalue weighted by Gasteiger charge is 2.44. The number of benzene rings is 2. The van der Waals surface area contributed by atoms with E-state index in [0.717, 1.165) is 17.8 Å². The van der Waals surface area contributed by atoms with Crippen LogP contribution in [0.3, 0.4) is 0 Å². The number of halogens is 1. The maximum absolute atomic E-state index is 13.3. The largest absolute Gasteiger partial charge is 0.347 e. The number of anilines is 1. The molecule has 34 heavy (non-hydrogen) atoms. The summed E-state index contributed by atoms with van der Waals surface area (Å²) < 4.78 is 0. The molecule has 0 bridgehead atoms. The molecular weight excluding hydrogens is 448 g/mol. The van der Waals surface area contributed by atoms with Crippen molar-refractivity contribution in [3.05, 3.63) is 65.2 Å². The van der Waals surface area contributed by atoms with Gasteiger partial charge in [-0.1, -0.05) is 54.1 Å². The van der Waals surface area contributed by atoms with Crippen molar-refractivity contribution in [2.45, 2.75) is 51.2 Å². The first kappa shape index (κ1) is 24.7. The van der Waals surface area contributed by atoms with Gasteiger partial charge in [-0.05, 0) is 51.8 Å². The maximum atomic E-state index is 13.3. The molecule has 2 saturated heterocycles. The number of piperazine rings is 1. The monoisotopic (exact) mass is 482 g/mol. The van der Waals surface area contributed by atoms with Crippen LogP contribution in [0.2, 0.25) is 5.02 Å². The van der Waals surface area contributed by atoms with Gasteiger partial charge in [0.25, 0.3) is 0 Å². The molecule has 0 aromatic heterocycles. The minimum absolute atomic E-state index is 0.0317. The van der Waals surface area contributed by atoms with Gasteiger partial charge in [0.1, 0.15) is 0 Å². The van der Waals surface area contributed by atoms with Crippen molar-refractivity contribution < 1.29 is 9.59 Å². The van der Waals surface area contributed by atoms with Crippen molar-refractivity contribution >= 4 is 29.1 Å². The Bertz CT molecular complexity index is 1040. The fourth-order valence-electron chi connectivity index (χ4n) is 5.22. The first-order chi connectivity index (χ1) is 16.1. The van der Waals surface area contributed by atoms with Crippen LogP contribution in [0.5, 0.6) is 0 Å². The smallest absolute Gasteiger partial charge is 0.241 e. The Balaban J connectivity index is 1.45. The fourth-order valence-corrected chi connectivity index (χ4v) is 5.46. The van der Waals surface area contributed by atoms with Crippen LogP contribution in [-0.4, -0.2) is 54.5 Å². The third-order valence-electron chi connectivity index (χ3n) is 7.14. The van der Waals surface area contributed by atoms with Crippen molar-refractivity contribution in [1.82, 2.24) is 15.5 Å². The predicted molar refractivity (Wildman–Crippen MR) is 137 cm³/mol. The van der Waals surface area contributed by atoms with Gasteiger partial charge in [-0.25, -0.2) is 0 Å². The second-order valence-electron chi connectivity index (χ2n) is 10.6. The van der Waals surface area contributed by atoms with Crippen LogP contribution in [0.15, 0.2) is 54.6 Å². The lowest BCUT2D eigenvalue weighted by Gasteiger charge is -2.51. The number of hydrogen-bond donors (Lipinski definition) is 2. The molecule has 2 aromatic carbocycles. The summed E-state index contributed by atoms with van der Waals surface area (Å²) in [7, 11) is 0. The number of carbonyl (C=O) groups is 2. The molecule has 0 spiro atoms. The van der Waals surface area contributed by atoms with Crippen LogP contribution < -0.4 is 15.5 Å². The number of carbonyl (C=O) groups excluding carboxylic acids is 2. The fraction of sp³-hybridized carbons (Fsp3) is 0.481. The van der Waals surface area contributed by atoms with Crippen LogP contribution >= 0.6 is 11.6 Å². The van der Waals surface area contributed by atoms with E-state index in [1.54, 1.807) is 4.90 Å². The van der Waals surface area contributed by atoms with Crippen LogP contribution in [0.4, 0.5) is 5.69 Å². The van der Waals surface area contributed by atoms with Crippen molar-refractivity contribution in [1.29, 1.82) is 0 Å². The molecular formula is C27H35ClN4O2. The quantitative estimate of drug-likeness (QED) is 0.680. The highest BCUT2D eigenvalue weighted by molar-refractivity contribution is 6.33. The molecule has 0 radical (unpaired) electrons. The molecule has 182 valence electrons. The van der Waals surface area contributed by atoms with Crippen LogP contribution in [-0.2, 0) is 15.1 Å². The Kier molecular flexibility index (Phi) is 7.04. The summed E-state index contributed by atoms with van der Waals surface area (Å²) >= 11 is 6.39. The summed E-state index contributed by atoms with van der Waals surface area (Å²) in [5.74, 6) is -0.0802. The molecule has 7 heteroatoms. The van der Waals surface area contributed by atoms with Gasteiger partial charge in [-0.15, -0.1) is 0 Å². The van der Waals surface area contributed by atoms with Crippen LogP contribution in [0, 0.1) is 5.92 Å². The molecule has 2 fully saturated rings. The third kappa shape index (κ3) is 5.14. The lowest BCUT2D eigenvalue weighted by molar-refractivity contribution is -0.129. The van der Waals surface area contributed by atoms with Gasteiger partial charge in [0.05, 0.1) is 28.7 Å². The molecule has 2 amide bonds. The van der Waals surface area contributed by atoms with E-state index in [1.807, 2.05) is 68.4 Å². The summed E-state index contributed by atoms with van der Waals surface area (Å²) in [4.78, 5) is 30.5. The molecule has 4 rings (SSSR count). The first-order valence-corrected chi connectivity index (χ1v) is 12.4. The molecule has 0 aliphatic carbocycles. The van der Waals surface area contributed by atoms with E-state index in [2.05, 4.69) is 29.4 Å². The van der Waals surface area contributed by atoms with Crippen molar-refractivity contribution in [2.24, 2.45) is 5.92 Å². The Morgan fingerprint density at radius 3 is 2.47 bits per heavy atom. The molecule has 0 saturated carbocycles. The minimum atomic E-state index is -0.457. The van der Waals surface area contributed by atoms with E-state index < -0.39 is 5.54 Å². The van der Waals surface area contributed by atoms with Crippen LogP contribution in [0.1, 0.15) is 39.7 Å². The van der Waals surface area contributed by atoms with E-state index in [1.165, 1.54) is 0 Å². The number of amides is 2. The second-order valence-corrected chi connectivity index (χ2v) is 11.0. The predicted octanol–water partition coefficient (Wildman–Crippen LogP) is 3.80. The number of nitrogens with zero attached hydrogens (tertiary/aromatic N) is 2. The van der Waals surface area contributed by atoms with Gasteiger partial charge in [0, 0.05) is 31.2 Å². The molecule has 2 atom stereocenters. The van der Waals surface area contributed by atoms with Gasteiger partial charge < -0.3 is 15.5 Å². The molecule has 2 N–H and O–H groups in total. The highest BCUT2D eigenvalue weighted by Crippen LogP contribution is 2.34. The maximum Gasteiger partial charge on any atom is 0.241 e. The number of rotatable bonds is 5. The highest BCUT2D eigenvalue weighted by atomic mass is 35.5.